The highest BCUT2D eigenvalue weighted by Crippen LogP contribution is 2.22. The van der Waals surface area contributed by atoms with Crippen molar-refractivity contribution in [3.63, 3.8) is 0 Å². The number of hydrogen-bond acceptors (Lipinski definition) is 2. The van der Waals surface area contributed by atoms with E-state index in [0.717, 1.165) is 11.0 Å². The van der Waals surface area contributed by atoms with Crippen molar-refractivity contribution in [2.75, 3.05) is 13.1 Å². The third kappa shape index (κ3) is 4.10. The van der Waals surface area contributed by atoms with Gasteiger partial charge in [0.25, 0.3) is 0 Å². The Hall–Kier alpha value is -0.870. The van der Waals surface area contributed by atoms with E-state index >= 15 is 0 Å². The summed E-state index contributed by atoms with van der Waals surface area (Å²) >= 11 is 3.42. The number of benzene rings is 1. The van der Waals surface area contributed by atoms with Gasteiger partial charge in [-0.05, 0) is 31.2 Å². The van der Waals surface area contributed by atoms with E-state index in [1.807, 2.05) is 12.1 Å². The molecule has 0 radical (unpaired) electrons. The topological polar surface area (TPSA) is 40.5 Å². The van der Waals surface area contributed by atoms with Crippen molar-refractivity contribution in [2.24, 2.45) is 5.92 Å². The predicted octanol–water partition coefficient (Wildman–Crippen LogP) is 3.55. The second kappa shape index (κ2) is 6.90. The lowest BCUT2D eigenvalue weighted by atomic mass is 10.0. The molecule has 0 aromatic heterocycles. The Labute approximate surface area is 117 Å². The van der Waals surface area contributed by atoms with Crippen molar-refractivity contribution in [1.82, 2.24) is 4.90 Å². The summed E-state index contributed by atoms with van der Waals surface area (Å²) in [7, 11) is 0. The van der Waals surface area contributed by atoms with Crippen LogP contribution in [-0.4, -0.2) is 29.1 Å². The van der Waals surface area contributed by atoms with E-state index in [0.29, 0.717) is 6.54 Å². The lowest BCUT2D eigenvalue weighted by Gasteiger charge is -2.29. The SMILES string of the molecule is CCN(CC(C)C(=O)O)C(C)c1ccc(Br)cc1. The normalized spacial score (nSPS) is 14.5. The number of carboxylic acids is 1. The summed E-state index contributed by atoms with van der Waals surface area (Å²) in [6.07, 6.45) is 0. The van der Waals surface area contributed by atoms with Crippen LogP contribution >= 0.6 is 15.9 Å². The molecule has 0 saturated heterocycles. The van der Waals surface area contributed by atoms with E-state index in [1.165, 1.54) is 5.56 Å². The monoisotopic (exact) mass is 313 g/mol. The first-order valence-electron chi connectivity index (χ1n) is 6.18. The third-order valence-electron chi connectivity index (χ3n) is 3.24. The highest BCUT2D eigenvalue weighted by Gasteiger charge is 2.20. The Balaban J connectivity index is 2.75. The van der Waals surface area contributed by atoms with Gasteiger partial charge < -0.3 is 5.11 Å². The molecule has 100 valence electrons. The summed E-state index contributed by atoms with van der Waals surface area (Å²) < 4.78 is 1.06. The Morgan fingerprint density at radius 3 is 2.33 bits per heavy atom. The van der Waals surface area contributed by atoms with Gasteiger partial charge in [-0.25, -0.2) is 0 Å². The van der Waals surface area contributed by atoms with E-state index in [4.69, 9.17) is 5.11 Å². The molecule has 0 aliphatic heterocycles. The van der Waals surface area contributed by atoms with Crippen molar-refractivity contribution in [3.8, 4) is 0 Å². The van der Waals surface area contributed by atoms with Gasteiger partial charge in [0.05, 0.1) is 5.92 Å². The minimum atomic E-state index is -0.739. The molecule has 0 spiro atoms. The number of aliphatic carboxylic acids is 1. The van der Waals surface area contributed by atoms with E-state index in [9.17, 15) is 4.79 Å². The lowest BCUT2D eigenvalue weighted by Crippen LogP contribution is -2.33. The fourth-order valence-electron chi connectivity index (χ4n) is 1.94. The standard InChI is InChI=1S/C14H20BrNO2/c1-4-16(9-10(2)14(17)18)11(3)12-5-7-13(15)8-6-12/h5-8,10-11H,4,9H2,1-3H3,(H,17,18). The van der Waals surface area contributed by atoms with Gasteiger partial charge in [0.1, 0.15) is 0 Å². The summed E-state index contributed by atoms with van der Waals surface area (Å²) in [5, 5.41) is 8.98. The van der Waals surface area contributed by atoms with Crippen LogP contribution in [0.25, 0.3) is 0 Å². The molecule has 3 nitrogen and oxygen atoms in total. The first-order chi connectivity index (χ1) is 8.45. The van der Waals surface area contributed by atoms with Gasteiger partial charge in [0.2, 0.25) is 0 Å². The molecule has 0 bridgehead atoms. The summed E-state index contributed by atoms with van der Waals surface area (Å²) in [5.41, 5.74) is 1.21. The molecule has 1 N–H and O–H groups in total. The number of nitrogens with zero attached hydrogens (tertiary/aromatic N) is 1. The van der Waals surface area contributed by atoms with Crippen molar-refractivity contribution < 1.29 is 9.90 Å². The molecule has 0 amide bonds. The van der Waals surface area contributed by atoms with Gasteiger partial charge in [-0.1, -0.05) is 41.9 Å². The first-order valence-corrected chi connectivity index (χ1v) is 6.97. The van der Waals surface area contributed by atoms with Crippen LogP contribution < -0.4 is 0 Å². The molecule has 0 heterocycles. The van der Waals surface area contributed by atoms with Crippen LogP contribution in [0.3, 0.4) is 0 Å². The molecule has 2 atom stereocenters. The largest absolute Gasteiger partial charge is 0.481 e. The maximum Gasteiger partial charge on any atom is 0.307 e. The third-order valence-corrected chi connectivity index (χ3v) is 3.76. The lowest BCUT2D eigenvalue weighted by molar-refractivity contribution is -0.141. The molecule has 0 saturated carbocycles. The molecular weight excluding hydrogens is 294 g/mol. The zero-order valence-electron chi connectivity index (χ0n) is 11.1. The van der Waals surface area contributed by atoms with Crippen LogP contribution in [0, 0.1) is 5.92 Å². The maximum absolute atomic E-state index is 10.9. The molecule has 1 aromatic rings. The Morgan fingerprint density at radius 2 is 1.89 bits per heavy atom. The van der Waals surface area contributed by atoms with Gasteiger partial charge in [-0.15, -0.1) is 0 Å². The van der Waals surface area contributed by atoms with E-state index in [1.54, 1.807) is 6.92 Å². The minimum Gasteiger partial charge on any atom is -0.481 e. The highest BCUT2D eigenvalue weighted by atomic mass is 79.9. The molecule has 0 aliphatic carbocycles. The molecule has 2 unspecified atom stereocenters. The number of hydrogen-bond donors (Lipinski definition) is 1. The average molecular weight is 314 g/mol. The van der Waals surface area contributed by atoms with Crippen LogP contribution in [-0.2, 0) is 4.79 Å². The Morgan fingerprint density at radius 1 is 1.33 bits per heavy atom. The average Bonchev–Trinajstić information content (AvgIpc) is 2.35. The van der Waals surface area contributed by atoms with E-state index < -0.39 is 5.97 Å². The zero-order chi connectivity index (χ0) is 13.7. The molecule has 0 fully saturated rings. The second-order valence-corrected chi connectivity index (χ2v) is 5.47. The number of halogens is 1. The van der Waals surface area contributed by atoms with Gasteiger partial charge in [-0.3, -0.25) is 9.69 Å². The fraction of sp³-hybridized carbons (Fsp3) is 0.500. The highest BCUT2D eigenvalue weighted by molar-refractivity contribution is 9.10. The fourth-order valence-corrected chi connectivity index (χ4v) is 2.21. The molecule has 1 aromatic carbocycles. The molecular formula is C14H20BrNO2. The summed E-state index contributed by atoms with van der Waals surface area (Å²) in [6.45, 7) is 7.34. The van der Waals surface area contributed by atoms with Crippen LogP contribution in [0.1, 0.15) is 32.4 Å². The van der Waals surface area contributed by atoms with Crippen molar-refractivity contribution in [1.29, 1.82) is 0 Å². The second-order valence-electron chi connectivity index (χ2n) is 4.55. The molecule has 4 heteroatoms. The van der Waals surface area contributed by atoms with Crippen molar-refractivity contribution in [3.05, 3.63) is 34.3 Å². The van der Waals surface area contributed by atoms with Gasteiger partial charge in [-0.2, -0.15) is 0 Å². The van der Waals surface area contributed by atoms with Crippen LogP contribution in [0.2, 0.25) is 0 Å². The zero-order valence-corrected chi connectivity index (χ0v) is 12.6. The Bertz CT molecular complexity index is 391. The predicted molar refractivity (Wildman–Crippen MR) is 76.6 cm³/mol. The van der Waals surface area contributed by atoms with Gasteiger partial charge >= 0.3 is 5.97 Å². The maximum atomic E-state index is 10.9. The van der Waals surface area contributed by atoms with Crippen LogP contribution in [0.15, 0.2) is 28.7 Å². The van der Waals surface area contributed by atoms with E-state index in [2.05, 4.69) is 46.8 Å². The van der Waals surface area contributed by atoms with E-state index in [-0.39, 0.29) is 12.0 Å². The molecule has 18 heavy (non-hydrogen) atoms. The molecule has 1 rings (SSSR count). The summed E-state index contributed by atoms with van der Waals surface area (Å²) in [4.78, 5) is 13.1. The van der Waals surface area contributed by atoms with Crippen molar-refractivity contribution >= 4 is 21.9 Å². The van der Waals surface area contributed by atoms with Crippen LogP contribution in [0.4, 0.5) is 0 Å². The number of carbonyl (C=O) groups is 1. The first kappa shape index (κ1) is 15.2. The van der Waals surface area contributed by atoms with Crippen molar-refractivity contribution in [2.45, 2.75) is 26.8 Å². The quantitative estimate of drug-likeness (QED) is 0.873. The van der Waals surface area contributed by atoms with Gasteiger partial charge in [0, 0.05) is 17.1 Å². The Kier molecular flexibility index (Phi) is 5.82. The smallest absolute Gasteiger partial charge is 0.307 e. The van der Waals surface area contributed by atoms with Gasteiger partial charge in [0.15, 0.2) is 0 Å². The number of carboxylic acid groups (broad SMARTS) is 1. The summed E-state index contributed by atoms with van der Waals surface area (Å²) in [5.74, 6) is -1.08. The minimum absolute atomic E-state index is 0.227. The number of rotatable bonds is 6. The summed E-state index contributed by atoms with van der Waals surface area (Å²) in [6, 6.07) is 8.40. The van der Waals surface area contributed by atoms with Crippen LogP contribution in [0.5, 0.6) is 0 Å². The molecule has 0 aliphatic rings.